The number of allylic oxidation sites excluding steroid dienone is 2. The molecule has 0 aliphatic carbocycles. The first-order chi connectivity index (χ1) is 57.5. The normalized spacial score (nSPS) is 16.8. The van der Waals surface area contributed by atoms with Crippen molar-refractivity contribution in [3.63, 3.8) is 0 Å². The van der Waals surface area contributed by atoms with Gasteiger partial charge in [0.2, 0.25) is 12.2 Å². The summed E-state index contributed by atoms with van der Waals surface area (Å²) in [6, 6.07) is 16.1. The number of nitrogens with two attached hydrogens (primary N) is 1. The number of phenols is 1. The number of methoxy groups -OCH3 is 2. The highest BCUT2D eigenvalue weighted by molar-refractivity contribution is 7.99. The number of phenolic OH excluding ortho intramolecular Hbond substituents is 1. The lowest BCUT2D eigenvalue weighted by Crippen LogP contribution is -2.38. The molecule has 0 bridgehead atoms. The number of morpholine rings is 1. The summed E-state index contributed by atoms with van der Waals surface area (Å²) in [5.74, 6) is -1.02. The quantitative estimate of drug-likeness (QED) is 0.00677. The number of benzene rings is 4. The molecule has 0 radical (unpaired) electrons. The van der Waals surface area contributed by atoms with Crippen molar-refractivity contribution in [1.29, 1.82) is 0 Å². The highest BCUT2D eigenvalue weighted by Gasteiger charge is 2.45. The highest BCUT2D eigenvalue weighted by Crippen LogP contribution is 2.43. The van der Waals surface area contributed by atoms with E-state index in [9.17, 15) is 72.5 Å². The fourth-order valence-corrected chi connectivity index (χ4v) is 13.0. The van der Waals surface area contributed by atoms with Crippen molar-refractivity contribution in [3.8, 4) is 34.5 Å². The van der Waals surface area contributed by atoms with Gasteiger partial charge >= 0.3 is 36.1 Å². The van der Waals surface area contributed by atoms with Crippen LogP contribution in [0.1, 0.15) is 97.2 Å². The molecule has 14 rings (SSSR count). The average molecular weight is 1690 g/mol. The second-order valence-electron chi connectivity index (χ2n) is 26.5. The van der Waals surface area contributed by atoms with Gasteiger partial charge in [-0.1, -0.05) is 28.9 Å². The number of esters is 2. The van der Waals surface area contributed by atoms with Gasteiger partial charge in [0.05, 0.1) is 77.1 Å². The van der Waals surface area contributed by atoms with E-state index in [1.807, 2.05) is 26.0 Å². The predicted octanol–water partition coefficient (Wildman–Crippen LogP) is 8.23. The van der Waals surface area contributed by atoms with Gasteiger partial charge in [-0.2, -0.15) is 13.2 Å². The number of fused-ring (bicyclic) bond motifs is 2. The molecule has 12 N–H and O–H groups in total. The van der Waals surface area contributed by atoms with Crippen LogP contribution in [0.2, 0.25) is 0 Å². The molecule has 5 atom stereocenters. The first-order valence-electron chi connectivity index (χ1n) is 36.6. The van der Waals surface area contributed by atoms with E-state index in [0.717, 1.165) is 89.9 Å². The van der Waals surface area contributed by atoms with Crippen molar-refractivity contribution in [2.75, 3.05) is 89.4 Å². The molecule has 6 aromatic heterocycles. The third-order valence-electron chi connectivity index (χ3n) is 18.4. The van der Waals surface area contributed by atoms with Gasteiger partial charge < -0.3 is 119 Å². The number of aromatic hydroxyl groups is 2. The number of alkyl halides is 3. The molecule has 0 saturated carbocycles. The number of amides is 5. The Balaban J connectivity index is 0.000000161. The third kappa shape index (κ3) is 23.4. The Hall–Kier alpha value is -13.1. The van der Waals surface area contributed by atoms with Gasteiger partial charge in [0.1, 0.15) is 95.0 Å². The number of nitrogens with zero attached hydrogens (tertiary/aromatic N) is 11. The van der Waals surface area contributed by atoms with E-state index >= 15 is 0 Å². The molecule has 638 valence electrons. The van der Waals surface area contributed by atoms with Crippen LogP contribution in [-0.2, 0) is 66.0 Å². The second-order valence-corrected chi connectivity index (χ2v) is 27.5. The van der Waals surface area contributed by atoms with E-state index in [1.54, 1.807) is 68.2 Å². The van der Waals surface area contributed by atoms with Gasteiger partial charge in [-0.15, -0.1) is 0 Å². The Bertz CT molecular complexity index is 5240. The maximum atomic E-state index is 12.5. The highest BCUT2D eigenvalue weighted by atomic mass is 32.2. The molecule has 4 aromatic carbocycles. The van der Waals surface area contributed by atoms with E-state index < -0.39 is 83.6 Å². The summed E-state index contributed by atoms with van der Waals surface area (Å²) < 4.78 is 91.8. The predicted molar refractivity (Wildman–Crippen MR) is 415 cm³/mol. The number of aliphatic hydroxyl groups excluding tert-OH is 3. The number of primary amides is 1. The number of hydrogen-bond donors (Lipinski definition) is 11. The monoisotopic (exact) mass is 1690 g/mol. The zero-order valence-corrected chi connectivity index (χ0v) is 65.9. The molecule has 10 aromatic rings. The number of nitrogens with one attached hydrogen (secondary N) is 5. The fraction of sp³-hybridized carbons (Fsp3) is 0.355. The Kier molecular flexibility index (Phi) is 31.1. The standard InChI is InChI=1S/C23H24N4O6.C23H31NO7.C12H9F3N2O2.C9H7N7O2S.C9H13N3O6/c1-30-20-10-17(5-6-19(20)21-12-24-14-32-21)27-22(28)26-16-4-2-3-15(9-16)11-25-23(29)33-18-7-8-31-13-18;1-15(5-7-19(25)30-13-10-24-8-11-29-12-9-24)4-6-17-21(26)20-18(14-31-23(20)27)16(2)22(17)28-3;1-7-10(6-16-19-7)11(18)17-9-4-2-8(3-5-9)12(13,14)15;1-15-4-14-7(16(17)18)9(15)19-8-5-6(11-2-10-5)12-3-13-8;10-7(16)4-8(17)12(2-11-4)9-6(15)5(14)3(1-13)18-9/h2-6,9-10,12,14,18H,7-8,11,13H2,1H3,(H,25,29)(H2,26,27,28);4,26H,5-14H2,1-3H3;2-6H,1H3,(H,17,18);2-4H,1H3,(H,10,11,12,13);2-3,5-6,9,13-15,17H,1H2,(H2,10,16)/b;15-4-;;;. The van der Waals surface area contributed by atoms with E-state index in [2.05, 4.69) is 66.2 Å². The van der Waals surface area contributed by atoms with Crippen LogP contribution in [0.5, 0.6) is 23.1 Å². The molecule has 3 fully saturated rings. The van der Waals surface area contributed by atoms with Crippen LogP contribution in [0.4, 0.5) is 45.6 Å². The SMILES string of the molecule is COc1c(C)c2c(c(O)c1C/C=C(/C)CCC(=O)OCCN1CCOCC1)C(=O)OC2.COc1cc(NC(=O)Nc2cccc(CNC(=O)OC3CCOC3)c2)ccc1-c1cnco1.Cc1oncc1C(=O)Nc1ccc(C(F)(F)F)cc1.Cn1cnc([N+](=O)[O-])c1Sc1ncnc2nc[nH]c12.NC(=O)c1ncn(C2OC(CO)C(O)C2O)c1O. The number of rotatable bonds is 24. The van der Waals surface area contributed by atoms with E-state index in [1.165, 1.54) is 50.8 Å². The number of oxazole rings is 1. The summed E-state index contributed by atoms with van der Waals surface area (Å²) in [6.45, 7) is 10.6. The molecule has 44 heteroatoms. The Morgan fingerprint density at radius 3 is 2.29 bits per heavy atom. The van der Waals surface area contributed by atoms with Gasteiger partial charge in [-0.25, -0.2) is 39.3 Å². The number of cyclic esters (lactones) is 1. The third-order valence-corrected chi connectivity index (χ3v) is 19.6. The molecule has 5 unspecified atom stereocenters. The maximum Gasteiger partial charge on any atom is 0.416 e. The molecular formula is C76H84F3N17O23S. The number of hydrogen-bond acceptors (Lipinski definition) is 32. The number of carbonyl (C=O) groups excluding carboxylic acids is 6. The minimum absolute atomic E-state index is 0.0912. The summed E-state index contributed by atoms with van der Waals surface area (Å²) in [4.78, 5) is 110. The van der Waals surface area contributed by atoms with E-state index in [-0.39, 0.29) is 59.3 Å². The van der Waals surface area contributed by atoms with Gasteiger partial charge in [0.25, 0.3) is 11.8 Å². The lowest BCUT2D eigenvalue weighted by Gasteiger charge is -2.26. The van der Waals surface area contributed by atoms with E-state index in [4.69, 9.17) is 57.7 Å². The summed E-state index contributed by atoms with van der Waals surface area (Å²) in [7, 11) is 4.77. The molecule has 4 aliphatic heterocycles. The number of imidazole rings is 3. The number of alkyl carbamates (subject to hydrolysis) is 1. The Morgan fingerprint density at radius 2 is 1.64 bits per heavy atom. The van der Waals surface area contributed by atoms with E-state index in [0.29, 0.717) is 112 Å². The minimum atomic E-state index is -4.40. The van der Waals surface area contributed by atoms with Crippen molar-refractivity contribution in [3.05, 3.63) is 183 Å². The number of H-pyrrole nitrogens is 1. The van der Waals surface area contributed by atoms with Crippen molar-refractivity contribution >= 4 is 81.7 Å². The second kappa shape index (κ2) is 41.8. The molecule has 4 aliphatic rings. The number of urea groups is 1. The molecule has 120 heavy (non-hydrogen) atoms. The number of aromatic amines is 1. The average Bonchev–Trinajstić information content (AvgIpc) is 1.67. The summed E-state index contributed by atoms with van der Waals surface area (Å²) in [6.07, 6.45) is 3.45. The smallest absolute Gasteiger partial charge is 0.416 e. The van der Waals surface area contributed by atoms with Crippen molar-refractivity contribution < 1.29 is 119 Å². The largest absolute Gasteiger partial charge is 0.507 e. The van der Waals surface area contributed by atoms with Crippen LogP contribution >= 0.6 is 11.8 Å². The van der Waals surface area contributed by atoms with Gasteiger partial charge in [-0.05, 0) is 115 Å². The van der Waals surface area contributed by atoms with Crippen molar-refractivity contribution in [2.45, 2.75) is 106 Å². The maximum absolute atomic E-state index is 12.5. The van der Waals surface area contributed by atoms with Crippen LogP contribution in [-0.4, -0.2) is 218 Å². The van der Waals surface area contributed by atoms with Gasteiger partial charge in [0, 0.05) is 80.3 Å². The zero-order valence-electron chi connectivity index (χ0n) is 65.1. The van der Waals surface area contributed by atoms with Crippen LogP contribution in [0, 0.1) is 24.0 Å². The molecule has 40 nitrogen and oxygen atoms in total. The first-order valence-corrected chi connectivity index (χ1v) is 37.4. The number of aliphatic hydroxyl groups is 3. The number of carbonyl (C=O) groups is 6. The lowest BCUT2D eigenvalue weighted by molar-refractivity contribution is -0.392. The number of anilines is 3. The first kappa shape index (κ1) is 89.2. The van der Waals surface area contributed by atoms with Crippen LogP contribution < -0.4 is 36.5 Å². The van der Waals surface area contributed by atoms with Crippen molar-refractivity contribution in [2.24, 2.45) is 12.8 Å². The summed E-state index contributed by atoms with van der Waals surface area (Å²) in [5.41, 5.74) is 11.4. The van der Waals surface area contributed by atoms with Gasteiger partial charge in [-0.3, -0.25) is 23.9 Å². The molecule has 3 saturated heterocycles. The zero-order chi connectivity index (χ0) is 86.3. The molecular weight excluding hydrogens is 1610 g/mol. The Labute approximate surface area is 683 Å². The number of aryl methyl sites for hydroxylation is 2. The number of aromatic nitrogens is 10. The number of nitro groups is 1. The fourth-order valence-electron chi connectivity index (χ4n) is 12.1. The molecule has 0 spiro atoms. The Morgan fingerprint density at radius 1 is 0.892 bits per heavy atom. The topological polar surface area (TPSA) is 540 Å². The molecule has 10 heterocycles. The van der Waals surface area contributed by atoms with Gasteiger partial charge in [0.15, 0.2) is 34.7 Å². The summed E-state index contributed by atoms with van der Waals surface area (Å²) >= 11 is 1.15. The van der Waals surface area contributed by atoms with Crippen LogP contribution in [0.3, 0.4) is 0 Å². The minimum Gasteiger partial charge on any atom is -0.507 e. The van der Waals surface area contributed by atoms with Crippen LogP contribution in [0.15, 0.2) is 141 Å². The van der Waals surface area contributed by atoms with Crippen LogP contribution in [0.25, 0.3) is 22.5 Å². The lowest BCUT2D eigenvalue weighted by atomic mass is 9.94. The molecule has 5 amide bonds. The van der Waals surface area contributed by atoms with Crippen molar-refractivity contribution in [1.82, 2.24) is 59.4 Å². The number of halogens is 3. The summed E-state index contributed by atoms with van der Waals surface area (Å²) in [5, 5.41) is 74.6. The number of ether oxygens (including phenoxy) is 8.